The number of amides is 1. The van der Waals surface area contributed by atoms with Crippen LogP contribution in [0.2, 0.25) is 0 Å². The summed E-state index contributed by atoms with van der Waals surface area (Å²) in [5, 5.41) is 2.73. The third-order valence-electron chi connectivity index (χ3n) is 2.57. The van der Waals surface area contributed by atoms with Gasteiger partial charge in [-0.3, -0.25) is 4.79 Å². The van der Waals surface area contributed by atoms with Crippen LogP contribution in [0.25, 0.3) is 0 Å². The molecule has 0 aromatic heterocycles. The van der Waals surface area contributed by atoms with Crippen molar-refractivity contribution in [1.82, 2.24) is 9.62 Å². The molecule has 0 aromatic rings. The predicted octanol–water partition coefficient (Wildman–Crippen LogP) is -0.206. The van der Waals surface area contributed by atoms with E-state index < -0.39 is 10.0 Å². The summed E-state index contributed by atoms with van der Waals surface area (Å²) in [5.74, 6) is -0.223. The Hall–Kier alpha value is -0.620. The van der Waals surface area contributed by atoms with Crippen LogP contribution in [0.5, 0.6) is 0 Å². The van der Waals surface area contributed by atoms with E-state index in [9.17, 15) is 13.2 Å². The van der Waals surface area contributed by atoms with E-state index in [0.717, 1.165) is 12.8 Å². The summed E-state index contributed by atoms with van der Waals surface area (Å²) in [6.07, 6.45) is 2.72. The SMILES string of the molecule is CCNC(=O)[C@H]1CCCN(S(C)(=O)=O)C1. The molecule has 1 rings (SSSR count). The Morgan fingerprint density at radius 1 is 1.53 bits per heavy atom. The van der Waals surface area contributed by atoms with Crippen LogP contribution in [0.3, 0.4) is 0 Å². The Bertz CT molecular complexity index is 326. The molecular formula is C9H18N2O3S. The van der Waals surface area contributed by atoms with Crippen LogP contribution in [0.15, 0.2) is 0 Å². The summed E-state index contributed by atoms with van der Waals surface area (Å²) in [7, 11) is -3.15. The molecule has 1 aliphatic heterocycles. The van der Waals surface area contributed by atoms with Gasteiger partial charge in [-0.1, -0.05) is 0 Å². The number of hydrogen-bond acceptors (Lipinski definition) is 3. The van der Waals surface area contributed by atoms with E-state index in [4.69, 9.17) is 0 Å². The minimum atomic E-state index is -3.15. The minimum Gasteiger partial charge on any atom is -0.356 e. The van der Waals surface area contributed by atoms with Crippen LogP contribution in [-0.2, 0) is 14.8 Å². The Labute approximate surface area is 90.9 Å². The molecule has 0 unspecified atom stereocenters. The van der Waals surface area contributed by atoms with Crippen molar-refractivity contribution in [3.05, 3.63) is 0 Å². The van der Waals surface area contributed by atoms with Gasteiger partial charge in [0.1, 0.15) is 0 Å². The third-order valence-corrected chi connectivity index (χ3v) is 3.84. The molecule has 0 bridgehead atoms. The molecular weight excluding hydrogens is 216 g/mol. The van der Waals surface area contributed by atoms with Gasteiger partial charge >= 0.3 is 0 Å². The van der Waals surface area contributed by atoms with Crippen LogP contribution in [0.1, 0.15) is 19.8 Å². The highest BCUT2D eigenvalue weighted by atomic mass is 32.2. The van der Waals surface area contributed by atoms with Crippen molar-refractivity contribution >= 4 is 15.9 Å². The van der Waals surface area contributed by atoms with E-state index in [-0.39, 0.29) is 11.8 Å². The molecule has 0 saturated carbocycles. The number of carbonyl (C=O) groups excluding carboxylic acids is 1. The molecule has 0 aliphatic carbocycles. The molecule has 5 nitrogen and oxygen atoms in total. The maximum Gasteiger partial charge on any atom is 0.224 e. The van der Waals surface area contributed by atoms with Gasteiger partial charge in [-0.05, 0) is 19.8 Å². The Morgan fingerprint density at radius 2 is 2.20 bits per heavy atom. The summed E-state index contributed by atoms with van der Waals surface area (Å²) in [5.41, 5.74) is 0. The number of rotatable bonds is 3. The zero-order chi connectivity index (χ0) is 11.5. The molecule has 1 amide bonds. The van der Waals surface area contributed by atoms with Crippen molar-refractivity contribution in [3.63, 3.8) is 0 Å². The summed E-state index contributed by atoms with van der Waals surface area (Å²) >= 11 is 0. The van der Waals surface area contributed by atoms with E-state index in [1.54, 1.807) is 0 Å². The van der Waals surface area contributed by atoms with Crippen molar-refractivity contribution in [2.75, 3.05) is 25.9 Å². The van der Waals surface area contributed by atoms with Crippen molar-refractivity contribution in [2.24, 2.45) is 5.92 Å². The molecule has 1 N–H and O–H groups in total. The molecule has 0 radical (unpaired) electrons. The normalized spacial score (nSPS) is 23.7. The first-order valence-corrected chi connectivity index (χ1v) is 7.02. The molecule has 0 aromatic carbocycles. The Balaban J connectivity index is 2.60. The average Bonchev–Trinajstić information content (AvgIpc) is 2.17. The van der Waals surface area contributed by atoms with Gasteiger partial charge in [-0.25, -0.2) is 12.7 Å². The van der Waals surface area contributed by atoms with E-state index >= 15 is 0 Å². The first-order valence-electron chi connectivity index (χ1n) is 5.18. The summed E-state index contributed by atoms with van der Waals surface area (Å²) < 4.78 is 24.0. The minimum absolute atomic E-state index is 0.0362. The van der Waals surface area contributed by atoms with Gasteiger partial charge in [0.25, 0.3) is 0 Å². The van der Waals surface area contributed by atoms with E-state index in [0.29, 0.717) is 19.6 Å². The van der Waals surface area contributed by atoms with Crippen LogP contribution in [0.4, 0.5) is 0 Å². The van der Waals surface area contributed by atoms with Crippen molar-refractivity contribution in [3.8, 4) is 0 Å². The van der Waals surface area contributed by atoms with Gasteiger partial charge < -0.3 is 5.32 Å². The quantitative estimate of drug-likeness (QED) is 0.735. The number of carbonyl (C=O) groups is 1. The van der Waals surface area contributed by atoms with Crippen molar-refractivity contribution in [2.45, 2.75) is 19.8 Å². The van der Waals surface area contributed by atoms with Crippen LogP contribution in [-0.4, -0.2) is 44.5 Å². The van der Waals surface area contributed by atoms with Crippen molar-refractivity contribution in [1.29, 1.82) is 0 Å². The predicted molar refractivity (Wildman–Crippen MR) is 57.8 cm³/mol. The second-order valence-electron chi connectivity index (χ2n) is 3.85. The fourth-order valence-electron chi connectivity index (χ4n) is 1.78. The highest BCUT2D eigenvalue weighted by molar-refractivity contribution is 7.88. The van der Waals surface area contributed by atoms with Gasteiger partial charge in [0.15, 0.2) is 0 Å². The molecule has 1 heterocycles. The van der Waals surface area contributed by atoms with E-state index in [2.05, 4.69) is 5.32 Å². The van der Waals surface area contributed by atoms with Gasteiger partial charge in [0, 0.05) is 19.6 Å². The summed E-state index contributed by atoms with van der Waals surface area (Å²) in [6.45, 7) is 3.31. The molecule has 1 aliphatic rings. The maximum absolute atomic E-state index is 11.5. The van der Waals surface area contributed by atoms with E-state index in [1.165, 1.54) is 10.6 Å². The number of piperidine rings is 1. The topological polar surface area (TPSA) is 66.5 Å². The zero-order valence-corrected chi connectivity index (χ0v) is 10.0. The molecule has 15 heavy (non-hydrogen) atoms. The zero-order valence-electron chi connectivity index (χ0n) is 9.19. The molecule has 1 atom stereocenters. The van der Waals surface area contributed by atoms with Gasteiger partial charge in [-0.15, -0.1) is 0 Å². The first-order chi connectivity index (χ1) is 6.95. The van der Waals surface area contributed by atoms with Crippen LogP contribution >= 0.6 is 0 Å². The Kier molecular flexibility index (Phi) is 4.10. The second-order valence-corrected chi connectivity index (χ2v) is 5.84. The first kappa shape index (κ1) is 12.4. The lowest BCUT2D eigenvalue weighted by Crippen LogP contribution is -2.45. The fourth-order valence-corrected chi connectivity index (χ4v) is 2.69. The molecule has 6 heteroatoms. The number of nitrogens with zero attached hydrogens (tertiary/aromatic N) is 1. The van der Waals surface area contributed by atoms with Crippen LogP contribution in [0, 0.1) is 5.92 Å². The highest BCUT2D eigenvalue weighted by Gasteiger charge is 2.29. The number of sulfonamides is 1. The third kappa shape index (κ3) is 3.46. The monoisotopic (exact) mass is 234 g/mol. The van der Waals surface area contributed by atoms with Gasteiger partial charge in [-0.2, -0.15) is 0 Å². The molecule has 1 fully saturated rings. The molecule has 0 spiro atoms. The van der Waals surface area contributed by atoms with Gasteiger partial charge in [0.2, 0.25) is 15.9 Å². The summed E-state index contributed by atoms with van der Waals surface area (Å²) in [6, 6.07) is 0. The largest absolute Gasteiger partial charge is 0.356 e. The van der Waals surface area contributed by atoms with E-state index in [1.807, 2.05) is 6.92 Å². The average molecular weight is 234 g/mol. The lowest BCUT2D eigenvalue weighted by Gasteiger charge is -2.29. The maximum atomic E-state index is 11.5. The summed E-state index contributed by atoms with van der Waals surface area (Å²) in [4.78, 5) is 11.5. The highest BCUT2D eigenvalue weighted by Crippen LogP contribution is 2.18. The van der Waals surface area contributed by atoms with Gasteiger partial charge in [0.05, 0.1) is 12.2 Å². The lowest BCUT2D eigenvalue weighted by atomic mass is 9.99. The number of nitrogens with one attached hydrogen (secondary N) is 1. The number of hydrogen-bond donors (Lipinski definition) is 1. The Morgan fingerprint density at radius 3 is 2.73 bits per heavy atom. The second kappa shape index (κ2) is 4.94. The lowest BCUT2D eigenvalue weighted by molar-refractivity contribution is -0.125. The molecule has 1 saturated heterocycles. The van der Waals surface area contributed by atoms with Crippen LogP contribution < -0.4 is 5.32 Å². The van der Waals surface area contributed by atoms with Crippen molar-refractivity contribution < 1.29 is 13.2 Å². The smallest absolute Gasteiger partial charge is 0.224 e. The molecule has 88 valence electrons. The fraction of sp³-hybridized carbons (Fsp3) is 0.889. The standard InChI is InChI=1S/C9H18N2O3S/c1-3-10-9(12)8-5-4-6-11(7-8)15(2,13)14/h8H,3-7H2,1-2H3,(H,10,12)/t8-/m0/s1.